The predicted molar refractivity (Wildman–Crippen MR) is 102 cm³/mol. The Kier molecular flexibility index (Phi) is 4.45. The summed E-state index contributed by atoms with van der Waals surface area (Å²) in [5, 5.41) is 3.58. The lowest BCUT2D eigenvalue weighted by Gasteiger charge is -2.26. The molecule has 0 bridgehead atoms. The van der Waals surface area contributed by atoms with E-state index in [-0.39, 0.29) is 18.5 Å². The molecule has 1 aliphatic carbocycles. The average molecular weight is 356 g/mol. The molecule has 2 atom stereocenters. The molecule has 0 aromatic heterocycles. The smallest absolute Gasteiger partial charge is 0.288 e. The molecule has 2 heterocycles. The Labute approximate surface area is 154 Å². The third kappa shape index (κ3) is 2.72. The lowest BCUT2D eigenvalue weighted by atomic mass is 10.0. The van der Waals surface area contributed by atoms with Crippen LogP contribution in [-0.2, 0) is 9.47 Å². The summed E-state index contributed by atoms with van der Waals surface area (Å²) in [7, 11) is 0. The fourth-order valence-electron chi connectivity index (χ4n) is 4.13. The van der Waals surface area contributed by atoms with Gasteiger partial charge in [0.25, 0.3) is 5.95 Å². The van der Waals surface area contributed by atoms with Crippen molar-refractivity contribution in [2.75, 3.05) is 13.2 Å². The number of halogens is 1. The zero-order chi connectivity index (χ0) is 15.9. The molecule has 2 aromatic rings. The fourth-order valence-corrected chi connectivity index (χ4v) is 4.13. The highest BCUT2D eigenvalue weighted by Crippen LogP contribution is 2.46. The molecule has 2 unspecified atom stereocenters. The van der Waals surface area contributed by atoms with Crippen LogP contribution in [0.4, 0.5) is 0 Å². The Morgan fingerprint density at radius 2 is 1.48 bits per heavy atom. The van der Waals surface area contributed by atoms with Gasteiger partial charge in [-0.1, -0.05) is 55.0 Å². The third-order valence-corrected chi connectivity index (χ3v) is 5.32. The zero-order valence-corrected chi connectivity index (χ0v) is 14.9. The minimum Gasteiger partial charge on any atom is -0.461 e. The van der Waals surface area contributed by atoms with Gasteiger partial charge in [-0.2, -0.15) is 0 Å². The standard InChI is InChI=1S/C21H21NO2.ClH/c1-3-9-16-14(7-1)15-8-2-4-10-17(15)20(16)21-23-13-19(24-21)18-11-5-6-12-22-18;/h1-4,7-10,18-19,22H,5-6,11-13H2;1H. The highest BCUT2D eigenvalue weighted by molar-refractivity contribution is 6.01. The number of ether oxygens (including phenoxy) is 2. The van der Waals surface area contributed by atoms with Crippen LogP contribution in [0.5, 0.6) is 0 Å². The Morgan fingerprint density at radius 1 is 0.840 bits per heavy atom. The van der Waals surface area contributed by atoms with E-state index in [1.54, 1.807) is 0 Å². The van der Waals surface area contributed by atoms with Crippen molar-refractivity contribution in [3.63, 3.8) is 0 Å². The SMILES string of the molecule is Cl.c1ccc2c(c1)C(=C1OCC(C3CCCCN3)O1)c1ccccc1-2. The summed E-state index contributed by atoms with van der Waals surface area (Å²) in [4.78, 5) is 0. The summed E-state index contributed by atoms with van der Waals surface area (Å²) in [6.45, 7) is 1.73. The first kappa shape index (κ1) is 16.5. The van der Waals surface area contributed by atoms with Gasteiger partial charge in [0.1, 0.15) is 6.61 Å². The first-order valence-electron chi connectivity index (χ1n) is 8.88. The van der Waals surface area contributed by atoms with Gasteiger partial charge in [-0.25, -0.2) is 0 Å². The van der Waals surface area contributed by atoms with Gasteiger partial charge in [-0.05, 0) is 41.6 Å². The zero-order valence-electron chi connectivity index (χ0n) is 14.0. The first-order valence-corrected chi connectivity index (χ1v) is 8.88. The number of piperidine rings is 1. The maximum absolute atomic E-state index is 6.29. The van der Waals surface area contributed by atoms with Crippen LogP contribution in [0.2, 0.25) is 0 Å². The molecule has 0 spiro atoms. The topological polar surface area (TPSA) is 30.5 Å². The fraction of sp³-hybridized carbons (Fsp3) is 0.333. The van der Waals surface area contributed by atoms with Crippen molar-refractivity contribution in [3.8, 4) is 11.1 Å². The van der Waals surface area contributed by atoms with Crippen molar-refractivity contribution in [3.05, 3.63) is 65.6 Å². The van der Waals surface area contributed by atoms with Crippen LogP contribution >= 0.6 is 12.4 Å². The molecule has 3 aliphatic rings. The highest BCUT2D eigenvalue weighted by Gasteiger charge is 2.36. The van der Waals surface area contributed by atoms with Gasteiger partial charge in [-0.3, -0.25) is 0 Å². The van der Waals surface area contributed by atoms with Crippen LogP contribution in [0.25, 0.3) is 16.7 Å². The number of benzene rings is 2. The van der Waals surface area contributed by atoms with Crippen LogP contribution < -0.4 is 5.32 Å². The molecule has 0 amide bonds. The number of nitrogens with one attached hydrogen (secondary N) is 1. The number of rotatable bonds is 1. The molecule has 3 nitrogen and oxygen atoms in total. The molecule has 5 rings (SSSR count). The summed E-state index contributed by atoms with van der Waals surface area (Å²) >= 11 is 0. The Hall–Kier alpha value is -1.97. The molecule has 4 heteroatoms. The van der Waals surface area contributed by atoms with Gasteiger partial charge in [0.15, 0.2) is 6.10 Å². The molecule has 0 saturated carbocycles. The van der Waals surface area contributed by atoms with E-state index >= 15 is 0 Å². The van der Waals surface area contributed by atoms with Crippen molar-refractivity contribution in [2.24, 2.45) is 0 Å². The van der Waals surface area contributed by atoms with Crippen molar-refractivity contribution in [2.45, 2.75) is 31.4 Å². The Bertz CT molecular complexity index is 764. The number of fused-ring (bicyclic) bond motifs is 3. The summed E-state index contributed by atoms with van der Waals surface area (Å²) in [6.07, 6.45) is 3.82. The molecular formula is C21H22ClNO2. The molecule has 2 aliphatic heterocycles. The van der Waals surface area contributed by atoms with Gasteiger partial charge in [0, 0.05) is 6.04 Å². The molecule has 1 N–H and O–H groups in total. The van der Waals surface area contributed by atoms with Crippen LogP contribution in [-0.4, -0.2) is 25.3 Å². The van der Waals surface area contributed by atoms with E-state index in [0.29, 0.717) is 18.6 Å². The van der Waals surface area contributed by atoms with Crippen LogP contribution in [0, 0.1) is 0 Å². The van der Waals surface area contributed by atoms with E-state index in [1.165, 1.54) is 41.5 Å². The Balaban J connectivity index is 0.00000157. The lowest BCUT2D eigenvalue weighted by Crippen LogP contribution is -2.44. The van der Waals surface area contributed by atoms with Gasteiger partial charge in [0.05, 0.1) is 5.57 Å². The first-order chi connectivity index (χ1) is 11.9. The van der Waals surface area contributed by atoms with Gasteiger partial charge in [-0.15, -0.1) is 12.4 Å². The maximum Gasteiger partial charge on any atom is 0.288 e. The monoisotopic (exact) mass is 355 g/mol. The summed E-state index contributed by atoms with van der Waals surface area (Å²) in [6, 6.07) is 17.4. The van der Waals surface area contributed by atoms with Crippen LogP contribution in [0.15, 0.2) is 54.5 Å². The van der Waals surface area contributed by atoms with E-state index in [1.807, 2.05) is 0 Å². The minimum atomic E-state index is 0. The summed E-state index contributed by atoms with van der Waals surface area (Å²) in [5.41, 5.74) is 6.07. The second-order valence-corrected chi connectivity index (χ2v) is 6.78. The largest absolute Gasteiger partial charge is 0.461 e. The maximum atomic E-state index is 6.29. The van der Waals surface area contributed by atoms with Gasteiger partial charge < -0.3 is 14.8 Å². The van der Waals surface area contributed by atoms with Crippen molar-refractivity contribution in [1.29, 1.82) is 0 Å². The van der Waals surface area contributed by atoms with E-state index < -0.39 is 0 Å². The van der Waals surface area contributed by atoms with Gasteiger partial charge >= 0.3 is 0 Å². The van der Waals surface area contributed by atoms with E-state index in [9.17, 15) is 0 Å². The molecule has 25 heavy (non-hydrogen) atoms. The molecule has 2 fully saturated rings. The van der Waals surface area contributed by atoms with Crippen molar-refractivity contribution >= 4 is 18.0 Å². The van der Waals surface area contributed by atoms with E-state index in [0.717, 1.165) is 12.1 Å². The molecule has 130 valence electrons. The van der Waals surface area contributed by atoms with Gasteiger partial charge in [0.2, 0.25) is 0 Å². The predicted octanol–water partition coefficient (Wildman–Crippen LogP) is 4.36. The number of hydrogen-bond donors (Lipinski definition) is 1. The minimum absolute atomic E-state index is 0. The quantitative estimate of drug-likeness (QED) is 0.703. The molecular weight excluding hydrogens is 334 g/mol. The van der Waals surface area contributed by atoms with Crippen LogP contribution in [0.1, 0.15) is 30.4 Å². The molecule has 2 aromatic carbocycles. The lowest BCUT2D eigenvalue weighted by molar-refractivity contribution is 0.108. The van der Waals surface area contributed by atoms with E-state index in [4.69, 9.17) is 9.47 Å². The van der Waals surface area contributed by atoms with Crippen molar-refractivity contribution < 1.29 is 9.47 Å². The van der Waals surface area contributed by atoms with Crippen LogP contribution in [0.3, 0.4) is 0 Å². The summed E-state index contributed by atoms with van der Waals surface area (Å²) in [5.74, 6) is 0.699. The number of hydrogen-bond acceptors (Lipinski definition) is 3. The third-order valence-electron chi connectivity index (χ3n) is 5.32. The second kappa shape index (κ2) is 6.74. The summed E-state index contributed by atoms with van der Waals surface area (Å²) < 4.78 is 12.3. The molecule has 0 radical (unpaired) electrons. The average Bonchev–Trinajstić information content (AvgIpc) is 3.25. The normalized spacial score (nSPS) is 24.0. The second-order valence-electron chi connectivity index (χ2n) is 6.78. The van der Waals surface area contributed by atoms with Crippen molar-refractivity contribution in [1.82, 2.24) is 5.32 Å². The highest BCUT2D eigenvalue weighted by atomic mass is 35.5. The molecule has 2 saturated heterocycles. The Morgan fingerprint density at radius 3 is 2.08 bits per heavy atom. The van der Waals surface area contributed by atoms with E-state index in [2.05, 4.69) is 53.8 Å².